The summed E-state index contributed by atoms with van der Waals surface area (Å²) >= 11 is 4.89. The lowest BCUT2D eigenvalue weighted by Crippen LogP contribution is -2.37. The zero-order valence-electron chi connectivity index (χ0n) is 13.3. The zero-order chi connectivity index (χ0) is 17.3. The zero-order valence-corrected chi connectivity index (χ0v) is 14.1. The van der Waals surface area contributed by atoms with Crippen molar-refractivity contribution in [2.24, 2.45) is 5.73 Å². The highest BCUT2D eigenvalue weighted by molar-refractivity contribution is 7.80. The van der Waals surface area contributed by atoms with E-state index in [9.17, 15) is 9.18 Å². The van der Waals surface area contributed by atoms with E-state index in [0.29, 0.717) is 44.2 Å². The van der Waals surface area contributed by atoms with Gasteiger partial charge in [-0.2, -0.15) is 0 Å². The van der Waals surface area contributed by atoms with E-state index in [1.807, 2.05) is 4.90 Å². The van der Waals surface area contributed by atoms with E-state index in [1.54, 1.807) is 19.1 Å². The highest BCUT2D eigenvalue weighted by Crippen LogP contribution is 2.28. The first-order valence-corrected chi connectivity index (χ1v) is 8.09. The molecule has 9 heteroatoms. The monoisotopic (exact) mass is 354 g/mol. The smallest absolute Gasteiger partial charge is 0.414 e. The van der Waals surface area contributed by atoms with Gasteiger partial charge in [0.25, 0.3) is 0 Å². The summed E-state index contributed by atoms with van der Waals surface area (Å²) in [6.07, 6.45) is -0.654. The number of halogens is 1. The van der Waals surface area contributed by atoms with Gasteiger partial charge < -0.3 is 15.4 Å². The molecule has 1 aromatic rings. The summed E-state index contributed by atoms with van der Waals surface area (Å²) in [7, 11) is 0. The fourth-order valence-electron chi connectivity index (χ4n) is 2.80. The Hall–Kier alpha value is -2.13. The fraction of sp³-hybridized carbons (Fsp3) is 0.467. The van der Waals surface area contributed by atoms with Gasteiger partial charge in [0.2, 0.25) is 0 Å². The minimum atomic E-state index is -0.454. The summed E-state index contributed by atoms with van der Waals surface area (Å²) < 4.78 is 19.6. The maximum Gasteiger partial charge on any atom is 0.414 e. The van der Waals surface area contributed by atoms with Crippen LogP contribution in [0.2, 0.25) is 0 Å². The van der Waals surface area contributed by atoms with Crippen LogP contribution in [0.5, 0.6) is 0 Å². The lowest BCUT2D eigenvalue weighted by molar-refractivity contribution is -0.0840. The van der Waals surface area contributed by atoms with Crippen molar-refractivity contribution in [3.8, 4) is 0 Å². The number of nitrogens with zero attached hydrogens (tertiary/aromatic N) is 3. The Morgan fingerprint density at radius 1 is 1.38 bits per heavy atom. The van der Waals surface area contributed by atoms with Gasteiger partial charge in [-0.15, -0.1) is 0 Å². The number of carbonyl (C=O) groups is 1. The average molecular weight is 354 g/mol. The van der Waals surface area contributed by atoms with Gasteiger partial charge >= 0.3 is 6.09 Å². The second-order valence-corrected chi connectivity index (χ2v) is 6.12. The molecule has 2 heterocycles. The Morgan fingerprint density at radius 2 is 2.17 bits per heavy atom. The van der Waals surface area contributed by atoms with Crippen LogP contribution in [-0.2, 0) is 9.57 Å². The quantitative estimate of drug-likeness (QED) is 0.807. The van der Waals surface area contributed by atoms with Crippen LogP contribution < -0.4 is 15.5 Å². The Balaban J connectivity index is 1.75. The number of anilines is 2. The molecule has 0 aromatic heterocycles. The number of ether oxygens (including phenoxy) is 1. The molecule has 2 aliphatic rings. The summed E-state index contributed by atoms with van der Waals surface area (Å²) in [5.41, 5.74) is 6.49. The Labute approximate surface area is 144 Å². The number of rotatable bonds is 2. The number of hydroxylamine groups is 2. The Kier molecular flexibility index (Phi) is 4.72. The molecule has 1 amide bonds. The molecule has 0 aliphatic carbocycles. The lowest BCUT2D eigenvalue weighted by atomic mass is 10.2. The topological polar surface area (TPSA) is 71.3 Å². The van der Waals surface area contributed by atoms with Gasteiger partial charge in [0, 0.05) is 13.1 Å². The second kappa shape index (κ2) is 6.78. The SMILES string of the molecule is C[C@H]1CN(c2ccc(N3CCON(C(N)=S)CC3)c(F)c2)C(=O)O1. The van der Waals surface area contributed by atoms with Gasteiger partial charge in [0.05, 0.1) is 31.1 Å². The highest BCUT2D eigenvalue weighted by Gasteiger charge is 2.30. The maximum atomic E-state index is 14.6. The molecule has 2 N–H and O–H groups in total. The molecule has 2 saturated heterocycles. The predicted molar refractivity (Wildman–Crippen MR) is 91.3 cm³/mol. The number of carbonyl (C=O) groups excluding carboxylic acids is 1. The van der Waals surface area contributed by atoms with Crippen LogP contribution in [0.15, 0.2) is 18.2 Å². The van der Waals surface area contributed by atoms with Crippen LogP contribution in [-0.4, -0.2) is 55.2 Å². The number of benzene rings is 1. The van der Waals surface area contributed by atoms with E-state index < -0.39 is 11.9 Å². The Bertz CT molecular complexity index is 660. The predicted octanol–water partition coefficient (Wildman–Crippen LogP) is 1.47. The van der Waals surface area contributed by atoms with Gasteiger partial charge in [-0.05, 0) is 37.3 Å². The largest absolute Gasteiger partial charge is 0.444 e. The molecule has 24 heavy (non-hydrogen) atoms. The number of hydrogen-bond acceptors (Lipinski definition) is 5. The highest BCUT2D eigenvalue weighted by atomic mass is 32.1. The first-order chi connectivity index (χ1) is 11.5. The molecule has 1 atom stereocenters. The van der Waals surface area contributed by atoms with Crippen LogP contribution in [0.3, 0.4) is 0 Å². The fourth-order valence-corrected chi connectivity index (χ4v) is 2.94. The molecule has 2 fully saturated rings. The van der Waals surface area contributed by atoms with Crippen molar-refractivity contribution in [3.63, 3.8) is 0 Å². The molecule has 2 aliphatic heterocycles. The van der Waals surface area contributed by atoms with Crippen LogP contribution in [0.25, 0.3) is 0 Å². The minimum absolute atomic E-state index is 0.161. The number of cyclic esters (lactones) is 1. The maximum absolute atomic E-state index is 14.6. The minimum Gasteiger partial charge on any atom is -0.444 e. The number of hydrogen-bond donors (Lipinski definition) is 1. The van der Waals surface area contributed by atoms with E-state index >= 15 is 0 Å². The van der Waals surface area contributed by atoms with Crippen molar-refractivity contribution >= 4 is 34.8 Å². The first kappa shape index (κ1) is 16.7. The first-order valence-electron chi connectivity index (χ1n) is 7.68. The molecule has 0 spiro atoms. The van der Waals surface area contributed by atoms with Crippen LogP contribution in [0, 0.1) is 5.82 Å². The summed E-state index contributed by atoms with van der Waals surface area (Å²) in [5, 5.41) is 1.60. The van der Waals surface area contributed by atoms with Gasteiger partial charge in [0.1, 0.15) is 11.9 Å². The van der Waals surface area contributed by atoms with Crippen molar-refractivity contribution in [2.45, 2.75) is 13.0 Å². The molecule has 0 unspecified atom stereocenters. The summed E-state index contributed by atoms with van der Waals surface area (Å²) in [6.45, 7) is 4.06. The summed E-state index contributed by atoms with van der Waals surface area (Å²) in [5.74, 6) is -0.399. The third-order valence-electron chi connectivity index (χ3n) is 3.97. The molecule has 7 nitrogen and oxygen atoms in total. The standard InChI is InChI=1S/C15H19FN4O3S/c1-10-9-19(15(21)23-10)11-2-3-13(12(16)8-11)18-4-5-20(14(17)24)22-7-6-18/h2-3,8,10H,4-7,9H2,1H3,(H2,17,24)/t10-/m0/s1. The van der Waals surface area contributed by atoms with E-state index in [-0.39, 0.29) is 11.2 Å². The van der Waals surface area contributed by atoms with E-state index in [4.69, 9.17) is 27.5 Å². The van der Waals surface area contributed by atoms with Crippen LogP contribution >= 0.6 is 12.2 Å². The second-order valence-electron chi connectivity index (χ2n) is 5.70. The normalized spacial score (nSPS) is 21.7. The number of amides is 1. The molecule has 0 radical (unpaired) electrons. The van der Waals surface area contributed by atoms with Gasteiger partial charge in [-0.25, -0.2) is 14.2 Å². The van der Waals surface area contributed by atoms with Crippen molar-refractivity contribution in [2.75, 3.05) is 42.6 Å². The third-order valence-corrected chi connectivity index (χ3v) is 4.18. The van der Waals surface area contributed by atoms with Crippen molar-refractivity contribution in [1.29, 1.82) is 0 Å². The van der Waals surface area contributed by atoms with Gasteiger partial charge in [-0.1, -0.05) is 0 Å². The number of thiocarbonyl (C=S) groups is 1. The van der Waals surface area contributed by atoms with Gasteiger partial charge in [-0.3, -0.25) is 9.74 Å². The summed E-state index contributed by atoms with van der Waals surface area (Å²) in [6, 6.07) is 4.73. The van der Waals surface area contributed by atoms with Crippen molar-refractivity contribution < 1.29 is 18.8 Å². The molecule has 1 aromatic carbocycles. The van der Waals surface area contributed by atoms with Crippen molar-refractivity contribution in [3.05, 3.63) is 24.0 Å². The molecular weight excluding hydrogens is 335 g/mol. The Morgan fingerprint density at radius 3 is 2.79 bits per heavy atom. The number of nitrogens with two attached hydrogens (primary N) is 1. The third kappa shape index (κ3) is 3.36. The molecule has 0 saturated carbocycles. The summed E-state index contributed by atoms with van der Waals surface area (Å²) in [4.78, 5) is 20.5. The lowest BCUT2D eigenvalue weighted by Gasteiger charge is -2.23. The molecule has 3 rings (SSSR count). The van der Waals surface area contributed by atoms with E-state index in [1.165, 1.54) is 16.0 Å². The molecular formula is C15H19FN4O3S. The molecule has 130 valence electrons. The average Bonchev–Trinajstić information content (AvgIpc) is 2.74. The van der Waals surface area contributed by atoms with Gasteiger partial charge in [0.15, 0.2) is 5.11 Å². The van der Waals surface area contributed by atoms with Crippen LogP contribution in [0.4, 0.5) is 20.6 Å². The van der Waals surface area contributed by atoms with E-state index in [2.05, 4.69) is 0 Å². The van der Waals surface area contributed by atoms with Crippen molar-refractivity contribution in [1.82, 2.24) is 5.06 Å². The molecule has 0 bridgehead atoms. The van der Waals surface area contributed by atoms with Crippen LogP contribution in [0.1, 0.15) is 6.92 Å². The van der Waals surface area contributed by atoms with E-state index in [0.717, 1.165) is 0 Å².